The predicted molar refractivity (Wildman–Crippen MR) is 179 cm³/mol. The van der Waals surface area contributed by atoms with Crippen molar-refractivity contribution in [2.75, 3.05) is 6.61 Å². The number of rotatable bonds is 33. The summed E-state index contributed by atoms with van der Waals surface area (Å²) in [7, 11) is 0. The van der Waals surface area contributed by atoms with E-state index >= 15 is 0 Å². The first kappa shape index (κ1) is 39.5. The van der Waals surface area contributed by atoms with Crippen LogP contribution < -0.4 is 0 Å². The van der Waals surface area contributed by atoms with Gasteiger partial charge in [0.25, 0.3) is 0 Å². The monoisotopic (exact) mass is 565 g/mol. The van der Waals surface area contributed by atoms with Crippen LogP contribution in [0.25, 0.3) is 0 Å². The highest BCUT2D eigenvalue weighted by atomic mass is 16.5. The van der Waals surface area contributed by atoms with Crippen molar-refractivity contribution in [3.05, 3.63) is 0 Å². The molecule has 0 heterocycles. The molecule has 0 bridgehead atoms. The number of hydrogen-bond donors (Lipinski definition) is 0. The summed E-state index contributed by atoms with van der Waals surface area (Å²) < 4.78 is 5.78. The lowest BCUT2D eigenvalue weighted by atomic mass is 9.93. The molecule has 0 aliphatic rings. The zero-order valence-corrected chi connectivity index (χ0v) is 28.4. The van der Waals surface area contributed by atoms with E-state index in [0.717, 1.165) is 25.2 Å². The van der Waals surface area contributed by atoms with E-state index in [2.05, 4.69) is 27.7 Å². The largest absolute Gasteiger partial charge is 0.465 e. The van der Waals surface area contributed by atoms with Gasteiger partial charge < -0.3 is 4.74 Å². The van der Waals surface area contributed by atoms with E-state index in [0.29, 0.717) is 6.61 Å². The van der Waals surface area contributed by atoms with E-state index in [1.54, 1.807) is 0 Å². The third-order valence-electron chi connectivity index (χ3n) is 8.82. The molecule has 0 saturated heterocycles. The van der Waals surface area contributed by atoms with Gasteiger partial charge in [-0.15, -0.1) is 0 Å². The molecule has 0 N–H and O–H groups in total. The first-order valence-electron chi connectivity index (χ1n) is 18.8. The number of carbonyl (C=O) groups excluding carboxylic acids is 1. The molecule has 0 aliphatic heterocycles. The van der Waals surface area contributed by atoms with E-state index in [-0.39, 0.29) is 11.9 Å². The van der Waals surface area contributed by atoms with E-state index < -0.39 is 0 Å². The number of unbranched alkanes of at least 4 members (excludes halogenated alkanes) is 24. The summed E-state index contributed by atoms with van der Waals surface area (Å²) in [5.74, 6) is 1.03. The average molecular weight is 565 g/mol. The van der Waals surface area contributed by atoms with Crippen molar-refractivity contribution >= 4 is 5.97 Å². The summed E-state index contributed by atoms with van der Waals surface area (Å²) in [5, 5.41) is 0. The lowest BCUT2D eigenvalue weighted by Gasteiger charge is -2.16. The SMILES string of the molecule is CCCCCCCCCCCCCCCCCCC(CCCCCC(C)C)C(=O)OCCCCCCCCCC. The van der Waals surface area contributed by atoms with Crippen LogP contribution in [0.2, 0.25) is 0 Å². The van der Waals surface area contributed by atoms with Crippen LogP contribution in [0.5, 0.6) is 0 Å². The molecule has 0 aromatic carbocycles. The van der Waals surface area contributed by atoms with Crippen LogP contribution in [0.4, 0.5) is 0 Å². The average Bonchev–Trinajstić information content (AvgIpc) is 2.94. The molecule has 0 rings (SSSR count). The molecule has 2 nitrogen and oxygen atoms in total. The molecule has 0 aromatic heterocycles. The number of carbonyl (C=O) groups is 1. The molecule has 0 spiro atoms. The van der Waals surface area contributed by atoms with Gasteiger partial charge in [0.15, 0.2) is 0 Å². The maximum atomic E-state index is 12.9. The van der Waals surface area contributed by atoms with Gasteiger partial charge in [0.2, 0.25) is 0 Å². The maximum Gasteiger partial charge on any atom is 0.308 e. The Kier molecular flexibility index (Phi) is 32.5. The van der Waals surface area contributed by atoms with Crippen LogP contribution in [-0.4, -0.2) is 12.6 Å². The van der Waals surface area contributed by atoms with Gasteiger partial charge in [-0.25, -0.2) is 0 Å². The Bertz CT molecular complexity index is 486. The van der Waals surface area contributed by atoms with Crippen molar-refractivity contribution in [1.29, 1.82) is 0 Å². The lowest BCUT2D eigenvalue weighted by molar-refractivity contribution is -0.149. The van der Waals surface area contributed by atoms with Crippen LogP contribution in [0.1, 0.15) is 220 Å². The Morgan fingerprint density at radius 3 is 1.10 bits per heavy atom. The predicted octanol–water partition coefficient (Wildman–Crippen LogP) is 13.5. The van der Waals surface area contributed by atoms with Crippen molar-refractivity contribution in [3.8, 4) is 0 Å². The summed E-state index contributed by atoms with van der Waals surface area (Å²) in [6.07, 6.45) is 39.8. The normalized spacial score (nSPS) is 12.3. The van der Waals surface area contributed by atoms with Crippen LogP contribution >= 0.6 is 0 Å². The van der Waals surface area contributed by atoms with Crippen LogP contribution in [0, 0.1) is 11.8 Å². The summed E-state index contributed by atoms with van der Waals surface area (Å²) in [6.45, 7) is 9.82. The van der Waals surface area contributed by atoms with Crippen molar-refractivity contribution in [3.63, 3.8) is 0 Å². The first-order valence-corrected chi connectivity index (χ1v) is 18.8. The van der Waals surface area contributed by atoms with Gasteiger partial charge in [-0.2, -0.15) is 0 Å². The minimum atomic E-state index is 0.104. The topological polar surface area (TPSA) is 26.3 Å². The lowest BCUT2D eigenvalue weighted by Crippen LogP contribution is -2.18. The molecule has 0 aromatic rings. The van der Waals surface area contributed by atoms with Gasteiger partial charge in [0.05, 0.1) is 12.5 Å². The summed E-state index contributed by atoms with van der Waals surface area (Å²) in [5.41, 5.74) is 0. The Hall–Kier alpha value is -0.530. The Labute approximate surface area is 254 Å². The van der Waals surface area contributed by atoms with Gasteiger partial charge >= 0.3 is 5.97 Å². The fraction of sp³-hybridized carbons (Fsp3) is 0.974. The minimum absolute atomic E-state index is 0.104. The van der Waals surface area contributed by atoms with E-state index in [1.165, 1.54) is 173 Å². The van der Waals surface area contributed by atoms with Crippen molar-refractivity contribution in [2.45, 2.75) is 220 Å². The van der Waals surface area contributed by atoms with Crippen LogP contribution in [-0.2, 0) is 9.53 Å². The molecular formula is C38H76O2. The molecule has 0 amide bonds. The second-order valence-corrected chi connectivity index (χ2v) is 13.5. The fourth-order valence-electron chi connectivity index (χ4n) is 5.97. The maximum absolute atomic E-state index is 12.9. The summed E-state index contributed by atoms with van der Waals surface area (Å²) >= 11 is 0. The fourth-order valence-corrected chi connectivity index (χ4v) is 5.97. The molecule has 0 saturated carbocycles. The quantitative estimate of drug-likeness (QED) is 0.0585. The van der Waals surface area contributed by atoms with E-state index in [1.807, 2.05) is 0 Å². The highest BCUT2D eigenvalue weighted by Gasteiger charge is 2.19. The Balaban J connectivity index is 3.89. The molecule has 0 radical (unpaired) electrons. The molecular weight excluding hydrogens is 488 g/mol. The zero-order chi connectivity index (χ0) is 29.4. The van der Waals surface area contributed by atoms with Gasteiger partial charge in [-0.3, -0.25) is 4.79 Å². The molecule has 2 heteroatoms. The van der Waals surface area contributed by atoms with Gasteiger partial charge in [0, 0.05) is 0 Å². The summed E-state index contributed by atoms with van der Waals surface area (Å²) in [6, 6.07) is 0. The Morgan fingerprint density at radius 2 is 0.725 bits per heavy atom. The smallest absolute Gasteiger partial charge is 0.308 e. The second-order valence-electron chi connectivity index (χ2n) is 13.5. The molecule has 1 atom stereocenters. The molecule has 240 valence electrons. The van der Waals surface area contributed by atoms with Gasteiger partial charge in [-0.1, -0.05) is 201 Å². The zero-order valence-electron chi connectivity index (χ0n) is 28.4. The van der Waals surface area contributed by atoms with Crippen molar-refractivity contribution in [1.82, 2.24) is 0 Å². The third kappa shape index (κ3) is 30.4. The second kappa shape index (κ2) is 33.0. The number of esters is 1. The molecule has 40 heavy (non-hydrogen) atoms. The molecule has 0 fully saturated rings. The number of ether oxygens (including phenoxy) is 1. The van der Waals surface area contributed by atoms with Gasteiger partial charge in [-0.05, 0) is 25.2 Å². The molecule has 1 unspecified atom stereocenters. The van der Waals surface area contributed by atoms with E-state index in [9.17, 15) is 4.79 Å². The van der Waals surface area contributed by atoms with Crippen molar-refractivity contribution in [2.24, 2.45) is 11.8 Å². The minimum Gasteiger partial charge on any atom is -0.465 e. The highest BCUT2D eigenvalue weighted by Crippen LogP contribution is 2.22. The standard InChI is InChI=1S/C38H76O2/c1-5-7-9-11-13-15-16-17-18-19-20-21-22-23-25-29-33-37(34-30-27-28-32-36(3)4)38(39)40-35-31-26-24-14-12-10-8-6-2/h36-37H,5-35H2,1-4H3. The van der Waals surface area contributed by atoms with Crippen LogP contribution in [0.15, 0.2) is 0 Å². The highest BCUT2D eigenvalue weighted by molar-refractivity contribution is 5.72. The van der Waals surface area contributed by atoms with E-state index in [4.69, 9.17) is 4.74 Å². The Morgan fingerprint density at radius 1 is 0.425 bits per heavy atom. The van der Waals surface area contributed by atoms with Crippen molar-refractivity contribution < 1.29 is 9.53 Å². The summed E-state index contributed by atoms with van der Waals surface area (Å²) in [4.78, 5) is 12.9. The third-order valence-corrected chi connectivity index (χ3v) is 8.82. The van der Waals surface area contributed by atoms with Crippen LogP contribution in [0.3, 0.4) is 0 Å². The number of hydrogen-bond acceptors (Lipinski definition) is 2. The molecule has 0 aliphatic carbocycles. The van der Waals surface area contributed by atoms with Gasteiger partial charge in [0.1, 0.15) is 0 Å². The first-order chi connectivity index (χ1) is 19.6.